The Bertz CT molecular complexity index is 1590. The minimum Gasteiger partial charge on any atom is -0.462 e. The zero-order valence-corrected chi connectivity index (χ0v) is 49.9. The summed E-state index contributed by atoms with van der Waals surface area (Å²) in [5, 5.41) is 0. The van der Waals surface area contributed by atoms with Crippen LogP contribution in [0, 0.1) is 0 Å². The highest BCUT2D eigenvalue weighted by molar-refractivity contribution is 7.47. The third-order valence-electron chi connectivity index (χ3n) is 12.9. The van der Waals surface area contributed by atoms with Crippen LogP contribution in [0.15, 0.2) is 97.2 Å². The van der Waals surface area contributed by atoms with Crippen molar-refractivity contribution in [2.24, 2.45) is 0 Å². The molecule has 0 saturated carbocycles. The largest absolute Gasteiger partial charge is 0.472 e. The minimum atomic E-state index is -4.39. The number of esters is 2. The molecule has 2 unspecified atom stereocenters. The second-order valence-electron chi connectivity index (χ2n) is 21.4. The number of phosphoric acid groups is 1. The molecule has 0 aromatic carbocycles. The van der Waals surface area contributed by atoms with Gasteiger partial charge in [-0.15, -0.1) is 0 Å². The second kappa shape index (κ2) is 55.7. The lowest BCUT2D eigenvalue weighted by Crippen LogP contribution is -2.37. The van der Waals surface area contributed by atoms with E-state index in [-0.39, 0.29) is 32.0 Å². The van der Waals surface area contributed by atoms with Crippen molar-refractivity contribution in [2.75, 3.05) is 47.5 Å². The Morgan fingerprint density at radius 1 is 0.427 bits per heavy atom. The fourth-order valence-corrected chi connectivity index (χ4v) is 8.95. The molecule has 0 saturated heterocycles. The number of hydrogen-bond donors (Lipinski definition) is 1. The van der Waals surface area contributed by atoms with E-state index in [1.807, 2.05) is 21.1 Å². The summed E-state index contributed by atoms with van der Waals surface area (Å²) >= 11 is 0. The molecule has 75 heavy (non-hydrogen) atoms. The molecule has 0 heterocycles. The lowest BCUT2D eigenvalue weighted by molar-refractivity contribution is -0.870. The molecule has 0 aromatic rings. The van der Waals surface area contributed by atoms with Crippen LogP contribution >= 0.6 is 7.82 Å². The predicted octanol–water partition coefficient (Wildman–Crippen LogP) is 19.2. The Balaban J connectivity index is 4.06. The molecule has 0 aliphatic heterocycles. The van der Waals surface area contributed by atoms with Gasteiger partial charge < -0.3 is 18.9 Å². The minimum absolute atomic E-state index is 0.0295. The van der Waals surface area contributed by atoms with Crippen molar-refractivity contribution in [3.8, 4) is 0 Å². The van der Waals surface area contributed by atoms with Crippen molar-refractivity contribution in [1.82, 2.24) is 0 Å². The van der Waals surface area contributed by atoms with Crippen LogP contribution in [0.4, 0.5) is 0 Å². The van der Waals surface area contributed by atoms with Crippen LogP contribution in [0.25, 0.3) is 0 Å². The van der Waals surface area contributed by atoms with Crippen molar-refractivity contribution in [2.45, 2.75) is 258 Å². The number of likely N-dealkylation sites (N-methyl/N-ethyl adjacent to an activating group) is 1. The average Bonchev–Trinajstić information content (AvgIpc) is 3.37. The molecular weight excluding hydrogens is 954 g/mol. The molecule has 0 fully saturated rings. The summed E-state index contributed by atoms with van der Waals surface area (Å²) < 4.78 is 34.5. The SMILES string of the molecule is CC/C=C\C/C=C\C/C=C\C/C=C\C/C=C\C/C=C\C/C=C\C/C=C\CCCCCCCCCCCCCCC(=O)OC(COC(=O)CCCCCCCCCCCCCCCC)COP(=O)(O)OCC[N+](C)(C)C. The Morgan fingerprint density at radius 3 is 1.13 bits per heavy atom. The Morgan fingerprint density at radius 2 is 0.760 bits per heavy atom. The molecule has 0 aliphatic rings. The molecule has 0 aliphatic carbocycles. The summed E-state index contributed by atoms with van der Waals surface area (Å²) in [5.74, 6) is -0.796. The maximum absolute atomic E-state index is 12.8. The number of unbranched alkanes of at least 4 members (excludes halogenated alkanes) is 25. The van der Waals surface area contributed by atoms with Gasteiger partial charge >= 0.3 is 19.8 Å². The molecule has 0 bridgehead atoms. The van der Waals surface area contributed by atoms with E-state index in [0.29, 0.717) is 17.4 Å². The lowest BCUT2D eigenvalue weighted by atomic mass is 10.0. The van der Waals surface area contributed by atoms with Crippen molar-refractivity contribution in [1.29, 1.82) is 0 Å². The van der Waals surface area contributed by atoms with Crippen LogP contribution in [0.3, 0.4) is 0 Å². The maximum atomic E-state index is 12.8. The number of quaternary nitrogens is 1. The monoisotopic (exact) mass is 1070 g/mol. The van der Waals surface area contributed by atoms with Crippen LogP contribution in [0.2, 0.25) is 0 Å². The number of hydrogen-bond acceptors (Lipinski definition) is 7. The topological polar surface area (TPSA) is 108 Å². The molecule has 432 valence electrons. The van der Waals surface area contributed by atoms with E-state index in [4.69, 9.17) is 18.5 Å². The fraction of sp³-hybridized carbons (Fsp3) is 0.723. The van der Waals surface area contributed by atoms with E-state index in [0.717, 1.165) is 89.9 Å². The first-order valence-electron chi connectivity index (χ1n) is 30.5. The fourth-order valence-electron chi connectivity index (χ4n) is 8.21. The zero-order valence-electron chi connectivity index (χ0n) is 49.0. The molecule has 0 radical (unpaired) electrons. The highest BCUT2D eigenvalue weighted by Crippen LogP contribution is 2.43. The Hall–Kier alpha value is -3.07. The Kier molecular flexibility index (Phi) is 53.4. The normalized spacial score (nSPS) is 13.9. The van der Waals surface area contributed by atoms with Crippen LogP contribution in [-0.2, 0) is 32.7 Å². The number of phosphoric ester groups is 1. The third-order valence-corrected chi connectivity index (χ3v) is 13.9. The third kappa shape index (κ3) is 60.0. The number of nitrogens with zero attached hydrogens (tertiary/aromatic N) is 1. The van der Waals surface area contributed by atoms with Crippen molar-refractivity contribution < 1.29 is 42.1 Å². The summed E-state index contributed by atoms with van der Waals surface area (Å²) in [5.41, 5.74) is 0. The second-order valence-corrected chi connectivity index (χ2v) is 22.8. The summed E-state index contributed by atoms with van der Waals surface area (Å²) in [6, 6.07) is 0. The van der Waals surface area contributed by atoms with Crippen LogP contribution in [0.1, 0.15) is 251 Å². The van der Waals surface area contributed by atoms with Gasteiger partial charge in [-0.25, -0.2) is 4.57 Å². The Labute approximate surface area is 462 Å². The quantitative estimate of drug-likeness (QED) is 0.0211. The first-order valence-corrected chi connectivity index (χ1v) is 32.0. The lowest BCUT2D eigenvalue weighted by Gasteiger charge is -2.24. The van der Waals surface area contributed by atoms with Gasteiger partial charge in [0.2, 0.25) is 0 Å². The molecule has 2 atom stereocenters. The molecular formula is C65H115NO8P+. The van der Waals surface area contributed by atoms with Crippen LogP contribution in [-0.4, -0.2) is 74.9 Å². The first-order chi connectivity index (χ1) is 36.5. The molecule has 0 spiro atoms. The summed E-state index contributed by atoms with van der Waals surface area (Å²) in [6.45, 7) is 4.33. The summed E-state index contributed by atoms with van der Waals surface area (Å²) in [4.78, 5) is 35.6. The number of carbonyl (C=O) groups excluding carboxylic acids is 2. The van der Waals surface area contributed by atoms with Crippen LogP contribution < -0.4 is 0 Å². The number of allylic oxidation sites excluding steroid dienone is 16. The van der Waals surface area contributed by atoms with Gasteiger partial charge in [-0.2, -0.15) is 0 Å². The van der Waals surface area contributed by atoms with Gasteiger partial charge in [0.1, 0.15) is 19.8 Å². The van der Waals surface area contributed by atoms with Gasteiger partial charge in [0.25, 0.3) is 0 Å². The summed E-state index contributed by atoms with van der Waals surface area (Å²) in [6.07, 6.45) is 76.3. The highest BCUT2D eigenvalue weighted by atomic mass is 31.2. The highest BCUT2D eigenvalue weighted by Gasteiger charge is 2.27. The van der Waals surface area contributed by atoms with Gasteiger partial charge in [-0.3, -0.25) is 18.6 Å². The predicted molar refractivity (Wildman–Crippen MR) is 321 cm³/mol. The summed E-state index contributed by atoms with van der Waals surface area (Å²) in [7, 11) is 1.47. The molecule has 10 heteroatoms. The first kappa shape index (κ1) is 71.9. The van der Waals surface area contributed by atoms with Crippen molar-refractivity contribution in [3.63, 3.8) is 0 Å². The maximum Gasteiger partial charge on any atom is 0.472 e. The molecule has 1 N–H and O–H groups in total. The standard InChI is InChI=1S/C65H114NO8P/c1-6-8-10-12-14-16-18-20-22-23-24-25-26-27-28-29-30-31-32-33-34-35-36-37-38-39-40-41-42-43-44-46-48-50-52-54-56-58-65(68)74-63(62-73-75(69,70)72-60-59-66(3,4)5)61-71-64(67)57-55-53-51-49-47-45-21-19-17-15-13-11-9-7-2/h8,10,14,16,20,22,24-25,27-28,30-31,33-34,36-37,63H,6-7,9,11-13,15,17-19,21,23,26,29,32,35,38-62H2,1-5H3/p+1/b10-8-,16-14-,22-20-,25-24-,28-27-,31-30-,34-33-,37-36-. The zero-order chi connectivity index (χ0) is 54.9. The van der Waals surface area contributed by atoms with E-state index in [1.165, 1.54) is 128 Å². The van der Waals surface area contributed by atoms with Gasteiger partial charge in [0, 0.05) is 12.8 Å². The average molecular weight is 1070 g/mol. The van der Waals surface area contributed by atoms with Gasteiger partial charge in [-0.05, 0) is 77.0 Å². The van der Waals surface area contributed by atoms with Gasteiger partial charge in [-0.1, -0.05) is 259 Å². The smallest absolute Gasteiger partial charge is 0.462 e. The van der Waals surface area contributed by atoms with Crippen molar-refractivity contribution >= 4 is 19.8 Å². The van der Waals surface area contributed by atoms with E-state index < -0.39 is 26.5 Å². The molecule has 0 rings (SSSR count). The van der Waals surface area contributed by atoms with Gasteiger partial charge in [0.05, 0.1) is 27.7 Å². The van der Waals surface area contributed by atoms with Gasteiger partial charge in [0.15, 0.2) is 6.10 Å². The number of rotatable bonds is 55. The molecule has 0 amide bonds. The number of carbonyl (C=O) groups is 2. The van der Waals surface area contributed by atoms with E-state index in [2.05, 4.69) is 111 Å². The van der Waals surface area contributed by atoms with E-state index in [9.17, 15) is 19.0 Å². The van der Waals surface area contributed by atoms with E-state index >= 15 is 0 Å². The van der Waals surface area contributed by atoms with Crippen LogP contribution in [0.5, 0.6) is 0 Å². The van der Waals surface area contributed by atoms with Crippen molar-refractivity contribution in [3.05, 3.63) is 97.2 Å². The van der Waals surface area contributed by atoms with E-state index in [1.54, 1.807) is 0 Å². The number of ether oxygens (including phenoxy) is 2. The molecule has 9 nitrogen and oxygen atoms in total. The molecule has 0 aromatic heterocycles.